The molecule has 1 N–H and O–H groups in total. The predicted molar refractivity (Wildman–Crippen MR) is 133 cm³/mol. The Morgan fingerprint density at radius 1 is 1.18 bits per heavy atom. The van der Waals surface area contributed by atoms with Crippen LogP contribution in [0.4, 0.5) is 8.78 Å². The monoisotopic (exact) mass is 472 g/mol. The van der Waals surface area contributed by atoms with Crippen LogP contribution in [0.25, 0.3) is 26.8 Å². The third-order valence-electron chi connectivity index (χ3n) is 5.49. The zero-order valence-electron chi connectivity index (χ0n) is 19.7. The highest BCUT2D eigenvalue weighted by Crippen LogP contribution is 2.43. The highest BCUT2D eigenvalue weighted by atomic mass is 32.1. The van der Waals surface area contributed by atoms with E-state index in [9.17, 15) is 13.6 Å². The van der Waals surface area contributed by atoms with Gasteiger partial charge in [-0.05, 0) is 59.2 Å². The topological polar surface area (TPSA) is 46.5 Å². The van der Waals surface area contributed by atoms with Gasteiger partial charge in [0.25, 0.3) is 6.43 Å². The van der Waals surface area contributed by atoms with Crippen molar-refractivity contribution in [1.82, 2.24) is 0 Å². The Bertz CT molecular complexity index is 1190. The first-order valence-corrected chi connectivity index (χ1v) is 11.9. The molecule has 33 heavy (non-hydrogen) atoms. The molecule has 0 unspecified atom stereocenters. The SMILES string of the molecule is CCCc1cc(C(C)(C)C)cc(-c2cccc3sc(/C(C)=C/C(=O)O)cc23)c1OCC(F)F. The Morgan fingerprint density at radius 3 is 2.52 bits per heavy atom. The van der Waals surface area contributed by atoms with E-state index in [1.54, 1.807) is 6.92 Å². The van der Waals surface area contributed by atoms with Gasteiger partial charge in [0.2, 0.25) is 0 Å². The van der Waals surface area contributed by atoms with Crippen molar-refractivity contribution in [2.45, 2.75) is 59.3 Å². The lowest BCUT2D eigenvalue weighted by molar-refractivity contribution is -0.131. The summed E-state index contributed by atoms with van der Waals surface area (Å²) in [6, 6.07) is 12.0. The minimum Gasteiger partial charge on any atom is -0.487 e. The van der Waals surface area contributed by atoms with Crippen LogP contribution in [0.15, 0.2) is 42.5 Å². The van der Waals surface area contributed by atoms with Gasteiger partial charge >= 0.3 is 5.97 Å². The number of halogens is 2. The van der Waals surface area contributed by atoms with Crippen molar-refractivity contribution in [3.05, 3.63) is 58.5 Å². The predicted octanol–water partition coefficient (Wildman–Crippen LogP) is 7.95. The van der Waals surface area contributed by atoms with E-state index in [4.69, 9.17) is 9.84 Å². The van der Waals surface area contributed by atoms with Crippen molar-refractivity contribution in [3.63, 3.8) is 0 Å². The summed E-state index contributed by atoms with van der Waals surface area (Å²) in [5.41, 5.74) is 4.26. The fraction of sp³-hybridized carbons (Fsp3) is 0.370. The fourth-order valence-corrected chi connectivity index (χ4v) is 4.90. The number of carbonyl (C=O) groups is 1. The minimum atomic E-state index is -2.57. The van der Waals surface area contributed by atoms with Crippen molar-refractivity contribution < 1.29 is 23.4 Å². The average molecular weight is 473 g/mol. The van der Waals surface area contributed by atoms with Gasteiger partial charge in [-0.2, -0.15) is 0 Å². The van der Waals surface area contributed by atoms with Crippen LogP contribution in [-0.2, 0) is 16.6 Å². The second kappa shape index (κ2) is 10.0. The number of carboxylic acid groups (broad SMARTS) is 1. The molecule has 176 valence electrons. The first kappa shape index (κ1) is 24.9. The molecule has 0 radical (unpaired) electrons. The molecule has 0 saturated carbocycles. The number of aliphatic carboxylic acids is 1. The molecular weight excluding hydrogens is 442 g/mol. The average Bonchev–Trinajstić information content (AvgIpc) is 3.16. The van der Waals surface area contributed by atoms with Crippen LogP contribution in [0.5, 0.6) is 5.75 Å². The second-order valence-corrected chi connectivity index (χ2v) is 10.3. The molecule has 1 aromatic heterocycles. The molecule has 3 rings (SSSR count). The smallest absolute Gasteiger partial charge is 0.328 e. The number of hydrogen-bond acceptors (Lipinski definition) is 3. The van der Waals surface area contributed by atoms with Crippen LogP contribution < -0.4 is 4.74 Å². The molecule has 0 saturated heterocycles. The second-order valence-electron chi connectivity index (χ2n) is 9.21. The zero-order valence-corrected chi connectivity index (χ0v) is 20.5. The number of rotatable bonds is 8. The van der Waals surface area contributed by atoms with Gasteiger partial charge in [-0.25, -0.2) is 13.6 Å². The number of fused-ring (bicyclic) bond motifs is 1. The van der Waals surface area contributed by atoms with Crippen LogP contribution in [0.3, 0.4) is 0 Å². The summed E-state index contributed by atoms with van der Waals surface area (Å²) in [5.74, 6) is -0.488. The molecular formula is C27H30F2O3S. The molecule has 0 aliphatic heterocycles. The molecule has 0 bridgehead atoms. The van der Waals surface area contributed by atoms with Gasteiger partial charge in [0, 0.05) is 26.6 Å². The maximum Gasteiger partial charge on any atom is 0.328 e. The van der Waals surface area contributed by atoms with Crippen LogP contribution in [0.1, 0.15) is 57.0 Å². The number of alkyl halides is 2. The van der Waals surface area contributed by atoms with E-state index in [-0.39, 0.29) is 5.41 Å². The van der Waals surface area contributed by atoms with E-state index in [0.717, 1.165) is 50.1 Å². The van der Waals surface area contributed by atoms with E-state index in [0.29, 0.717) is 11.3 Å². The molecule has 3 aromatic rings. The summed E-state index contributed by atoms with van der Waals surface area (Å²) in [6.45, 7) is 9.56. The van der Waals surface area contributed by atoms with Gasteiger partial charge in [-0.3, -0.25) is 0 Å². The highest BCUT2D eigenvalue weighted by molar-refractivity contribution is 7.20. The molecule has 1 heterocycles. The molecule has 0 aliphatic rings. The van der Waals surface area contributed by atoms with E-state index in [1.165, 1.54) is 17.4 Å². The Kier molecular flexibility index (Phi) is 7.58. The Hall–Kier alpha value is -2.73. The minimum absolute atomic E-state index is 0.132. The fourth-order valence-electron chi connectivity index (χ4n) is 3.84. The van der Waals surface area contributed by atoms with Crippen molar-refractivity contribution >= 4 is 33.0 Å². The highest BCUT2D eigenvalue weighted by Gasteiger charge is 2.22. The molecule has 2 aromatic carbocycles. The summed E-state index contributed by atoms with van der Waals surface area (Å²) < 4.78 is 32.9. The van der Waals surface area contributed by atoms with Crippen LogP contribution in [0, 0.1) is 0 Å². The third-order valence-corrected chi connectivity index (χ3v) is 6.72. The number of carboxylic acids is 1. The Balaban J connectivity index is 2.30. The van der Waals surface area contributed by atoms with Gasteiger partial charge in [-0.15, -0.1) is 11.3 Å². The molecule has 3 nitrogen and oxygen atoms in total. The molecule has 6 heteroatoms. The number of ether oxygens (including phenoxy) is 1. The Labute approximate surface area is 197 Å². The van der Waals surface area contributed by atoms with Gasteiger partial charge in [0.15, 0.2) is 0 Å². The summed E-state index contributed by atoms with van der Waals surface area (Å²) in [4.78, 5) is 12.0. The number of hydrogen-bond donors (Lipinski definition) is 1. The van der Waals surface area contributed by atoms with Crippen molar-refractivity contribution in [1.29, 1.82) is 0 Å². The van der Waals surface area contributed by atoms with Crippen molar-refractivity contribution in [3.8, 4) is 16.9 Å². The lowest BCUT2D eigenvalue weighted by Gasteiger charge is -2.24. The van der Waals surface area contributed by atoms with Gasteiger partial charge < -0.3 is 9.84 Å². The van der Waals surface area contributed by atoms with Crippen LogP contribution in [0.2, 0.25) is 0 Å². The van der Waals surface area contributed by atoms with E-state index < -0.39 is 19.0 Å². The molecule has 0 spiro atoms. The standard InChI is InChI=1S/C27H30F2O3S/c1-6-8-17-12-18(27(3,4)5)13-21(26(17)32-15-24(28)29)19-9-7-10-22-20(19)14-23(33-22)16(2)11-25(30)31/h7,9-14,24H,6,8,15H2,1-5H3,(H,30,31)/b16-11+. The number of thiophene rings is 1. The van der Waals surface area contributed by atoms with E-state index >= 15 is 0 Å². The van der Waals surface area contributed by atoms with Gasteiger partial charge in [0.1, 0.15) is 12.4 Å². The van der Waals surface area contributed by atoms with Crippen molar-refractivity contribution in [2.24, 2.45) is 0 Å². The third kappa shape index (κ3) is 5.80. The van der Waals surface area contributed by atoms with Crippen LogP contribution in [-0.4, -0.2) is 24.1 Å². The number of benzene rings is 2. The lowest BCUT2D eigenvalue weighted by atomic mass is 9.83. The molecule has 0 fully saturated rings. The summed E-state index contributed by atoms with van der Waals surface area (Å²) in [6.07, 6.45) is 0.216. The lowest BCUT2D eigenvalue weighted by Crippen LogP contribution is -2.14. The maximum absolute atomic E-state index is 13.1. The summed E-state index contributed by atoms with van der Waals surface area (Å²) >= 11 is 1.51. The normalized spacial score (nSPS) is 12.5. The first-order valence-electron chi connectivity index (χ1n) is 11.0. The molecule has 0 amide bonds. The van der Waals surface area contributed by atoms with Gasteiger partial charge in [0.05, 0.1) is 0 Å². The maximum atomic E-state index is 13.1. The van der Waals surface area contributed by atoms with Crippen LogP contribution >= 0.6 is 11.3 Å². The van der Waals surface area contributed by atoms with E-state index in [2.05, 4.69) is 33.8 Å². The summed E-state index contributed by atoms with van der Waals surface area (Å²) in [7, 11) is 0. The number of allylic oxidation sites excluding steroid dienone is 1. The first-order chi connectivity index (χ1) is 15.5. The van der Waals surface area contributed by atoms with Crippen molar-refractivity contribution in [2.75, 3.05) is 6.61 Å². The largest absolute Gasteiger partial charge is 0.487 e. The quantitative estimate of drug-likeness (QED) is 0.338. The zero-order chi connectivity index (χ0) is 24.3. The Morgan fingerprint density at radius 2 is 1.91 bits per heavy atom. The van der Waals surface area contributed by atoms with Gasteiger partial charge in [-0.1, -0.05) is 52.3 Å². The van der Waals surface area contributed by atoms with E-state index in [1.807, 2.05) is 30.3 Å². The number of aryl methyl sites for hydroxylation is 1. The summed E-state index contributed by atoms with van der Waals surface area (Å²) in [5, 5.41) is 10.1. The molecule has 0 aliphatic carbocycles. The molecule has 0 atom stereocenters.